The smallest absolute Gasteiger partial charge is 0.171 e. The van der Waals surface area contributed by atoms with Crippen LogP contribution in [0.5, 0.6) is 0 Å². The maximum atomic E-state index is 13.8. The van der Waals surface area contributed by atoms with E-state index in [1.807, 2.05) is 6.92 Å². The summed E-state index contributed by atoms with van der Waals surface area (Å²) in [5.41, 5.74) is 5.17. The highest BCUT2D eigenvalue weighted by atomic mass is 79.9. The minimum atomic E-state index is -0.830. The average molecular weight is 334 g/mol. The summed E-state index contributed by atoms with van der Waals surface area (Å²) >= 11 is 2.96. The highest BCUT2D eigenvalue weighted by Gasteiger charge is 2.24. The van der Waals surface area contributed by atoms with E-state index >= 15 is 0 Å². The van der Waals surface area contributed by atoms with E-state index in [1.165, 1.54) is 6.07 Å². The van der Waals surface area contributed by atoms with Gasteiger partial charge in [-0.3, -0.25) is 4.79 Å². The molecule has 0 aliphatic heterocycles. The molecule has 0 bridgehead atoms. The predicted octanol–water partition coefficient (Wildman–Crippen LogP) is 4.06. The molecule has 0 radical (unpaired) electrons. The first-order valence-corrected chi connectivity index (χ1v) is 7.07. The van der Waals surface area contributed by atoms with Gasteiger partial charge in [-0.25, -0.2) is 8.78 Å². The molecule has 0 aliphatic rings. The van der Waals surface area contributed by atoms with E-state index in [-0.39, 0.29) is 10.5 Å². The second-order valence-electron chi connectivity index (χ2n) is 4.89. The van der Waals surface area contributed by atoms with Gasteiger partial charge >= 0.3 is 0 Å². The van der Waals surface area contributed by atoms with Crippen molar-refractivity contribution in [2.45, 2.75) is 39.2 Å². The molecular formula is C14H18BrF2NO. The highest BCUT2D eigenvalue weighted by molar-refractivity contribution is 9.10. The molecule has 1 aromatic carbocycles. The van der Waals surface area contributed by atoms with Crippen LogP contribution in [0.4, 0.5) is 8.78 Å². The zero-order chi connectivity index (χ0) is 14.6. The largest absolute Gasteiger partial charge is 0.328 e. The number of ketones is 1. The first-order valence-electron chi connectivity index (χ1n) is 6.27. The lowest BCUT2D eigenvalue weighted by molar-refractivity contribution is 0.0913. The first-order chi connectivity index (χ1) is 8.84. The molecule has 0 fully saturated rings. The van der Waals surface area contributed by atoms with Gasteiger partial charge < -0.3 is 5.73 Å². The minimum absolute atomic E-state index is 0.0710. The van der Waals surface area contributed by atoms with Crippen molar-refractivity contribution in [3.8, 4) is 0 Å². The summed E-state index contributed by atoms with van der Waals surface area (Å²) in [5.74, 6) is -2.56. The number of rotatable bonds is 6. The van der Waals surface area contributed by atoms with Gasteiger partial charge in [0.25, 0.3) is 0 Å². The Hall–Kier alpha value is -0.810. The summed E-state index contributed by atoms with van der Waals surface area (Å²) < 4.78 is 27.5. The van der Waals surface area contributed by atoms with Crippen molar-refractivity contribution in [1.82, 2.24) is 0 Å². The molecule has 0 aliphatic carbocycles. The third-order valence-electron chi connectivity index (χ3n) is 3.03. The van der Waals surface area contributed by atoms with Crippen molar-refractivity contribution in [2.24, 2.45) is 11.7 Å². The molecule has 19 heavy (non-hydrogen) atoms. The Kier molecular flexibility index (Phi) is 6.07. The molecule has 0 saturated carbocycles. The van der Waals surface area contributed by atoms with E-state index in [0.29, 0.717) is 6.42 Å². The van der Waals surface area contributed by atoms with Crippen LogP contribution in [0, 0.1) is 17.6 Å². The third-order valence-corrected chi connectivity index (χ3v) is 3.65. The quantitative estimate of drug-likeness (QED) is 0.630. The van der Waals surface area contributed by atoms with E-state index in [4.69, 9.17) is 5.73 Å². The van der Waals surface area contributed by atoms with Gasteiger partial charge in [0.1, 0.15) is 5.82 Å². The molecule has 0 aromatic heterocycles. The molecule has 0 heterocycles. The lowest BCUT2D eigenvalue weighted by Crippen LogP contribution is -2.18. The van der Waals surface area contributed by atoms with Crippen molar-refractivity contribution in [3.63, 3.8) is 0 Å². The molecule has 0 spiro atoms. The molecule has 106 valence electrons. The van der Waals surface area contributed by atoms with Crippen molar-refractivity contribution in [1.29, 1.82) is 0 Å². The van der Waals surface area contributed by atoms with Crippen LogP contribution in [0.2, 0.25) is 0 Å². The monoisotopic (exact) mass is 333 g/mol. The summed E-state index contributed by atoms with van der Waals surface area (Å²) in [5, 5.41) is 0. The number of nitrogens with two attached hydrogens (primary N) is 1. The summed E-state index contributed by atoms with van der Waals surface area (Å²) in [4.78, 5) is 12.1. The van der Waals surface area contributed by atoms with Crippen LogP contribution in [0.25, 0.3) is 0 Å². The number of hydrogen-bond donors (Lipinski definition) is 1. The van der Waals surface area contributed by atoms with Crippen LogP contribution in [0.1, 0.15) is 43.5 Å². The minimum Gasteiger partial charge on any atom is -0.328 e. The van der Waals surface area contributed by atoms with Crippen molar-refractivity contribution < 1.29 is 13.6 Å². The number of benzene rings is 1. The second-order valence-corrected chi connectivity index (χ2v) is 5.75. The fourth-order valence-corrected chi connectivity index (χ4v) is 2.21. The van der Waals surface area contributed by atoms with Crippen LogP contribution in [-0.4, -0.2) is 11.8 Å². The molecule has 2 nitrogen and oxygen atoms in total. The number of carbonyl (C=O) groups excluding carboxylic acids is 1. The van der Waals surface area contributed by atoms with Gasteiger partial charge in [-0.05, 0) is 47.8 Å². The standard InChI is InChI=1S/C14H18BrF2NO/c1-8(4-3-5-9(2)18)14(19)12-11(16)7-6-10(15)13(12)17/h6-9H,3-5,18H2,1-2H3. The zero-order valence-electron chi connectivity index (χ0n) is 11.1. The van der Waals surface area contributed by atoms with Gasteiger partial charge in [0.05, 0.1) is 10.0 Å². The van der Waals surface area contributed by atoms with Gasteiger partial charge in [-0.15, -0.1) is 0 Å². The maximum Gasteiger partial charge on any atom is 0.171 e. The van der Waals surface area contributed by atoms with E-state index in [2.05, 4.69) is 15.9 Å². The van der Waals surface area contributed by atoms with Crippen molar-refractivity contribution in [3.05, 3.63) is 33.8 Å². The number of halogens is 3. The predicted molar refractivity (Wildman–Crippen MR) is 75.1 cm³/mol. The van der Waals surface area contributed by atoms with Crippen LogP contribution in [0.3, 0.4) is 0 Å². The molecule has 0 amide bonds. The number of hydrogen-bond acceptors (Lipinski definition) is 2. The van der Waals surface area contributed by atoms with Crippen molar-refractivity contribution >= 4 is 21.7 Å². The van der Waals surface area contributed by atoms with Crippen LogP contribution in [-0.2, 0) is 0 Å². The molecule has 5 heteroatoms. The Labute approximate surface area is 120 Å². The zero-order valence-corrected chi connectivity index (χ0v) is 12.6. The van der Waals surface area contributed by atoms with Gasteiger partial charge in [0.15, 0.2) is 11.6 Å². The van der Waals surface area contributed by atoms with E-state index in [9.17, 15) is 13.6 Å². The SMILES string of the molecule is CC(N)CCCC(C)C(=O)c1c(F)ccc(Br)c1F. The second kappa shape index (κ2) is 7.10. The summed E-state index contributed by atoms with van der Waals surface area (Å²) in [6.07, 6.45) is 2.13. The van der Waals surface area contributed by atoms with E-state index < -0.39 is 28.9 Å². The number of carbonyl (C=O) groups is 1. The summed E-state index contributed by atoms with van der Waals surface area (Å²) in [6.45, 7) is 3.57. The summed E-state index contributed by atoms with van der Waals surface area (Å²) in [6, 6.07) is 2.42. The lowest BCUT2D eigenvalue weighted by Gasteiger charge is -2.13. The van der Waals surface area contributed by atoms with Crippen LogP contribution < -0.4 is 5.73 Å². The third kappa shape index (κ3) is 4.35. The Bertz CT molecular complexity index is 463. The average Bonchev–Trinajstić information content (AvgIpc) is 2.33. The van der Waals surface area contributed by atoms with E-state index in [1.54, 1.807) is 6.92 Å². The lowest BCUT2D eigenvalue weighted by atomic mass is 9.93. The van der Waals surface area contributed by atoms with Crippen molar-refractivity contribution in [2.75, 3.05) is 0 Å². The highest BCUT2D eigenvalue weighted by Crippen LogP contribution is 2.25. The Morgan fingerprint density at radius 1 is 1.32 bits per heavy atom. The van der Waals surface area contributed by atoms with Gasteiger partial charge in [0.2, 0.25) is 0 Å². The molecule has 1 rings (SSSR count). The summed E-state index contributed by atoms with van der Waals surface area (Å²) in [7, 11) is 0. The van der Waals surface area contributed by atoms with Crippen LogP contribution >= 0.6 is 15.9 Å². The van der Waals surface area contributed by atoms with Crippen LogP contribution in [0.15, 0.2) is 16.6 Å². The molecule has 0 saturated heterocycles. The molecule has 2 N–H and O–H groups in total. The Morgan fingerprint density at radius 3 is 2.53 bits per heavy atom. The van der Waals surface area contributed by atoms with Gasteiger partial charge in [-0.1, -0.05) is 13.3 Å². The normalized spacial score (nSPS) is 14.2. The molecule has 1 aromatic rings. The Morgan fingerprint density at radius 2 is 1.95 bits per heavy atom. The fourth-order valence-electron chi connectivity index (χ4n) is 1.88. The molecule has 2 unspecified atom stereocenters. The fraction of sp³-hybridized carbons (Fsp3) is 0.500. The first kappa shape index (κ1) is 16.2. The molecule has 2 atom stereocenters. The Balaban J connectivity index is 2.80. The van der Waals surface area contributed by atoms with E-state index in [0.717, 1.165) is 18.9 Å². The number of Topliss-reactive ketones (excluding diaryl/α,β-unsaturated/α-hetero) is 1. The topological polar surface area (TPSA) is 43.1 Å². The van der Waals surface area contributed by atoms with Gasteiger partial charge in [-0.2, -0.15) is 0 Å². The van der Waals surface area contributed by atoms with Gasteiger partial charge in [0, 0.05) is 12.0 Å². The maximum absolute atomic E-state index is 13.8. The molecular weight excluding hydrogens is 316 g/mol.